The fourth-order valence-electron chi connectivity index (χ4n) is 0.587. The summed E-state index contributed by atoms with van der Waals surface area (Å²) in [5.74, 6) is -1.72. The second-order valence-electron chi connectivity index (χ2n) is 2.32. The van der Waals surface area contributed by atoms with Gasteiger partial charge in [-0.05, 0) is 0 Å². The summed E-state index contributed by atoms with van der Waals surface area (Å²) in [7, 11) is -4.66. The van der Waals surface area contributed by atoms with Gasteiger partial charge in [-0.15, -0.1) is 0 Å². The van der Waals surface area contributed by atoms with E-state index >= 15 is 0 Å². The lowest BCUT2D eigenvalue weighted by Crippen LogP contribution is -2.45. The zero-order valence-electron chi connectivity index (χ0n) is 6.65. The van der Waals surface area contributed by atoms with Crippen LogP contribution in [0, 0.1) is 0 Å². The molecule has 0 amide bonds. The predicted octanol–water partition coefficient (Wildman–Crippen LogP) is -0.861. The maximum atomic E-state index is 11.7. The summed E-state index contributed by atoms with van der Waals surface area (Å²) in [6.07, 6.45) is -4.83. The van der Waals surface area contributed by atoms with E-state index in [1.165, 1.54) is 0 Å². The Morgan fingerprint density at radius 3 is 2.07 bits per heavy atom. The molecule has 0 fully saturated rings. The normalized spacial score (nSPS) is 13.2. The van der Waals surface area contributed by atoms with Gasteiger partial charge in [-0.3, -0.25) is 4.79 Å². The molecule has 0 heterocycles. The highest BCUT2D eigenvalue weighted by atomic mass is 32.2. The van der Waals surface area contributed by atoms with E-state index in [0.717, 1.165) is 0 Å². The van der Waals surface area contributed by atoms with Gasteiger partial charge in [-0.1, -0.05) is 0 Å². The standard InChI is InChI=1S/C4H7F3N2O4S/c5-4(6,7)2-9(1-3(10)11)14(8,12)13/h1-2H2,(H,10,11)(H2,8,12,13). The van der Waals surface area contributed by atoms with Crippen LogP contribution in [0.25, 0.3) is 0 Å². The molecule has 0 aromatic carbocycles. The first kappa shape index (κ1) is 13.1. The number of halogens is 3. The van der Waals surface area contributed by atoms with Gasteiger partial charge in [-0.2, -0.15) is 25.9 Å². The molecule has 0 aliphatic heterocycles. The Hall–Kier alpha value is -0.870. The number of alkyl halides is 3. The van der Waals surface area contributed by atoms with Crippen LogP contribution in [0.4, 0.5) is 13.2 Å². The quantitative estimate of drug-likeness (QED) is 0.663. The molecule has 0 unspecified atom stereocenters. The van der Waals surface area contributed by atoms with Crippen LogP contribution in [0.15, 0.2) is 0 Å². The summed E-state index contributed by atoms with van der Waals surface area (Å²) in [5, 5.41) is 12.5. The van der Waals surface area contributed by atoms with E-state index in [9.17, 15) is 26.4 Å². The van der Waals surface area contributed by atoms with Crippen LogP contribution < -0.4 is 5.14 Å². The van der Waals surface area contributed by atoms with Gasteiger partial charge in [-0.25, -0.2) is 5.14 Å². The smallest absolute Gasteiger partial charge is 0.402 e. The molecule has 0 saturated heterocycles. The molecular formula is C4H7F3N2O4S. The van der Waals surface area contributed by atoms with Crippen LogP contribution in [0.1, 0.15) is 0 Å². The maximum absolute atomic E-state index is 11.7. The molecular weight excluding hydrogens is 229 g/mol. The highest BCUT2D eigenvalue weighted by molar-refractivity contribution is 7.86. The van der Waals surface area contributed by atoms with Crippen LogP contribution in [-0.4, -0.2) is 43.1 Å². The fourth-order valence-corrected chi connectivity index (χ4v) is 1.20. The number of carboxylic acids is 1. The van der Waals surface area contributed by atoms with Crippen LogP contribution in [0.2, 0.25) is 0 Å². The SMILES string of the molecule is NS(=O)(=O)N(CC(=O)O)CC(F)(F)F. The van der Waals surface area contributed by atoms with E-state index in [4.69, 9.17) is 5.11 Å². The molecule has 0 saturated carbocycles. The van der Waals surface area contributed by atoms with Crippen molar-refractivity contribution in [1.82, 2.24) is 4.31 Å². The van der Waals surface area contributed by atoms with Gasteiger partial charge in [0.25, 0.3) is 10.2 Å². The summed E-state index contributed by atoms with van der Waals surface area (Å²) in [5.41, 5.74) is 0. The monoisotopic (exact) mass is 236 g/mol. The molecule has 0 atom stereocenters. The number of aliphatic carboxylic acids is 1. The highest BCUT2D eigenvalue weighted by Gasteiger charge is 2.35. The summed E-state index contributed by atoms with van der Waals surface area (Å²) in [6.45, 7) is -3.24. The first-order valence-corrected chi connectivity index (χ1v) is 4.59. The Morgan fingerprint density at radius 2 is 1.86 bits per heavy atom. The Morgan fingerprint density at radius 1 is 1.43 bits per heavy atom. The van der Waals surface area contributed by atoms with Gasteiger partial charge in [0.2, 0.25) is 0 Å². The number of nitrogens with zero attached hydrogens (tertiary/aromatic N) is 1. The van der Waals surface area contributed by atoms with Crippen molar-refractivity contribution in [2.24, 2.45) is 5.14 Å². The van der Waals surface area contributed by atoms with Gasteiger partial charge in [0.15, 0.2) is 0 Å². The second-order valence-corrected chi connectivity index (χ2v) is 3.87. The van der Waals surface area contributed by atoms with Crippen molar-refractivity contribution in [3.63, 3.8) is 0 Å². The molecule has 0 bridgehead atoms. The highest BCUT2D eigenvalue weighted by Crippen LogP contribution is 2.17. The molecule has 0 rings (SSSR count). The molecule has 84 valence electrons. The predicted molar refractivity (Wildman–Crippen MR) is 38.4 cm³/mol. The van der Waals surface area contributed by atoms with Crippen molar-refractivity contribution in [3.05, 3.63) is 0 Å². The molecule has 0 aromatic rings. The van der Waals surface area contributed by atoms with Crippen LogP contribution >= 0.6 is 0 Å². The number of carboxylic acid groups (broad SMARTS) is 1. The van der Waals surface area contributed by atoms with E-state index < -0.39 is 35.4 Å². The summed E-state index contributed by atoms with van der Waals surface area (Å²) < 4.78 is 55.8. The van der Waals surface area contributed by atoms with Gasteiger partial charge >= 0.3 is 12.1 Å². The summed E-state index contributed by atoms with van der Waals surface area (Å²) in [6, 6.07) is 0. The lowest BCUT2D eigenvalue weighted by Gasteiger charge is -2.18. The van der Waals surface area contributed by atoms with Crippen molar-refractivity contribution in [3.8, 4) is 0 Å². The minimum absolute atomic E-state index is 0.380. The maximum Gasteiger partial charge on any atom is 0.402 e. The largest absolute Gasteiger partial charge is 0.480 e. The first-order chi connectivity index (χ1) is 6.02. The van der Waals surface area contributed by atoms with Crippen molar-refractivity contribution < 1.29 is 31.5 Å². The Kier molecular flexibility index (Phi) is 3.85. The Labute approximate surface area is 77.3 Å². The van der Waals surface area contributed by atoms with E-state index in [1.54, 1.807) is 0 Å². The summed E-state index contributed by atoms with van der Waals surface area (Å²) in [4.78, 5) is 10.0. The van der Waals surface area contributed by atoms with Crippen LogP contribution in [-0.2, 0) is 15.0 Å². The molecule has 14 heavy (non-hydrogen) atoms. The lowest BCUT2D eigenvalue weighted by atomic mass is 10.6. The van der Waals surface area contributed by atoms with Crippen molar-refractivity contribution >= 4 is 16.2 Å². The minimum atomic E-state index is -4.83. The number of hydrogen-bond donors (Lipinski definition) is 2. The molecule has 10 heteroatoms. The third kappa shape index (κ3) is 5.72. The van der Waals surface area contributed by atoms with Crippen molar-refractivity contribution in [2.75, 3.05) is 13.1 Å². The first-order valence-electron chi connectivity index (χ1n) is 3.09. The summed E-state index contributed by atoms with van der Waals surface area (Å²) >= 11 is 0. The van der Waals surface area contributed by atoms with E-state index in [0.29, 0.717) is 0 Å². The molecule has 3 N–H and O–H groups in total. The lowest BCUT2D eigenvalue weighted by molar-refractivity contribution is -0.146. The average Bonchev–Trinajstić information content (AvgIpc) is 1.78. The zero-order chi connectivity index (χ0) is 11.6. The van der Waals surface area contributed by atoms with E-state index in [1.807, 2.05) is 0 Å². The average molecular weight is 236 g/mol. The third-order valence-corrected chi connectivity index (χ3v) is 2.01. The molecule has 0 radical (unpaired) electrons. The van der Waals surface area contributed by atoms with Gasteiger partial charge in [0, 0.05) is 0 Å². The Bertz CT molecular complexity index is 311. The number of hydrogen-bond acceptors (Lipinski definition) is 3. The second kappa shape index (κ2) is 4.11. The number of rotatable bonds is 4. The fraction of sp³-hybridized carbons (Fsp3) is 0.750. The molecule has 0 aliphatic carbocycles. The Balaban J connectivity index is 4.68. The molecule has 0 aromatic heterocycles. The van der Waals surface area contributed by atoms with Gasteiger partial charge in [0.1, 0.15) is 13.1 Å². The molecule has 6 nitrogen and oxygen atoms in total. The van der Waals surface area contributed by atoms with E-state index in [2.05, 4.69) is 5.14 Å². The van der Waals surface area contributed by atoms with Crippen molar-refractivity contribution in [2.45, 2.75) is 6.18 Å². The van der Waals surface area contributed by atoms with Gasteiger partial charge < -0.3 is 5.11 Å². The molecule has 0 aliphatic rings. The topological polar surface area (TPSA) is 101 Å². The number of carbonyl (C=O) groups is 1. The molecule has 0 spiro atoms. The van der Waals surface area contributed by atoms with Crippen molar-refractivity contribution in [1.29, 1.82) is 0 Å². The third-order valence-electron chi connectivity index (χ3n) is 1.03. The van der Waals surface area contributed by atoms with Crippen LogP contribution in [0.5, 0.6) is 0 Å². The van der Waals surface area contributed by atoms with Gasteiger partial charge in [0.05, 0.1) is 0 Å². The minimum Gasteiger partial charge on any atom is -0.480 e. The zero-order valence-corrected chi connectivity index (χ0v) is 7.47. The van der Waals surface area contributed by atoms with E-state index in [-0.39, 0.29) is 4.31 Å². The van der Waals surface area contributed by atoms with Crippen LogP contribution in [0.3, 0.4) is 0 Å². The number of nitrogens with two attached hydrogens (primary N) is 1.